The van der Waals surface area contributed by atoms with E-state index in [1.165, 1.54) is 6.92 Å². The van der Waals surface area contributed by atoms with E-state index >= 15 is 0 Å². The van der Waals surface area contributed by atoms with Crippen LogP contribution in [0, 0.1) is 5.41 Å². The van der Waals surface area contributed by atoms with Gasteiger partial charge < -0.3 is 4.74 Å². The molecule has 0 aliphatic rings. The lowest BCUT2D eigenvalue weighted by Gasteiger charge is -2.32. The second-order valence-corrected chi connectivity index (χ2v) is 4.17. The van der Waals surface area contributed by atoms with E-state index in [-0.39, 0.29) is 19.4 Å². The summed E-state index contributed by atoms with van der Waals surface area (Å²) < 4.78 is 43.9. The van der Waals surface area contributed by atoms with E-state index in [9.17, 15) is 18.0 Å². The third kappa shape index (κ3) is 3.89. The van der Waals surface area contributed by atoms with Crippen LogP contribution in [0.2, 0.25) is 0 Å². The normalized spacial score (nSPS) is 15.4. The zero-order chi connectivity index (χ0) is 13.5. The predicted octanol–water partition coefficient (Wildman–Crippen LogP) is 4.09. The molecule has 2 nitrogen and oxygen atoms in total. The van der Waals surface area contributed by atoms with Crippen molar-refractivity contribution in [3.63, 3.8) is 0 Å². The molecule has 0 aliphatic carbocycles. The highest BCUT2D eigenvalue weighted by atomic mass is 19.4. The molecule has 0 aliphatic heterocycles. The van der Waals surface area contributed by atoms with Gasteiger partial charge in [0.05, 0.1) is 6.61 Å². The van der Waals surface area contributed by atoms with Crippen molar-refractivity contribution in [1.29, 1.82) is 0 Å². The first kappa shape index (κ1) is 16.3. The zero-order valence-corrected chi connectivity index (χ0v) is 10.7. The molecule has 0 rings (SSSR count). The Morgan fingerprint density at radius 3 is 2.06 bits per heavy atom. The van der Waals surface area contributed by atoms with Crippen molar-refractivity contribution in [2.24, 2.45) is 5.41 Å². The minimum Gasteiger partial charge on any atom is -0.465 e. The van der Waals surface area contributed by atoms with Crippen LogP contribution in [0.4, 0.5) is 13.2 Å². The van der Waals surface area contributed by atoms with Crippen molar-refractivity contribution in [2.75, 3.05) is 6.61 Å². The van der Waals surface area contributed by atoms with Gasteiger partial charge in [0.2, 0.25) is 0 Å². The molecule has 0 amide bonds. The molecule has 0 radical (unpaired) electrons. The molecule has 102 valence electrons. The number of carbonyl (C=O) groups is 1. The molecule has 1 unspecified atom stereocenters. The fourth-order valence-corrected chi connectivity index (χ4v) is 1.69. The average molecular weight is 254 g/mol. The number of halogens is 3. The first-order valence-electron chi connectivity index (χ1n) is 6.09. The fraction of sp³-hybridized carbons (Fsp3) is 0.917. The van der Waals surface area contributed by atoms with Crippen molar-refractivity contribution in [2.45, 2.75) is 59.1 Å². The van der Waals surface area contributed by atoms with Crippen molar-refractivity contribution < 1.29 is 22.7 Å². The maximum atomic E-state index is 13.1. The van der Waals surface area contributed by atoms with Crippen LogP contribution in [-0.2, 0) is 9.53 Å². The second kappa shape index (κ2) is 6.87. The van der Waals surface area contributed by atoms with E-state index in [1.54, 1.807) is 13.8 Å². The highest BCUT2D eigenvalue weighted by Crippen LogP contribution is 2.46. The van der Waals surface area contributed by atoms with Gasteiger partial charge in [-0.1, -0.05) is 33.6 Å². The molecule has 5 heteroatoms. The summed E-state index contributed by atoms with van der Waals surface area (Å²) in [5, 5.41) is 0. The summed E-state index contributed by atoms with van der Waals surface area (Å²) in [4.78, 5) is 11.7. The smallest absolute Gasteiger partial charge is 0.404 e. The number of ether oxygens (including phenoxy) is 1. The van der Waals surface area contributed by atoms with Crippen LogP contribution in [-0.4, -0.2) is 18.8 Å². The van der Waals surface area contributed by atoms with Crippen LogP contribution >= 0.6 is 0 Å². The Kier molecular flexibility index (Phi) is 6.57. The summed E-state index contributed by atoms with van der Waals surface area (Å²) in [6, 6.07) is 0. The van der Waals surface area contributed by atoms with Crippen molar-refractivity contribution in [3.05, 3.63) is 0 Å². The summed E-state index contributed by atoms with van der Waals surface area (Å²) in [6.45, 7) is 4.98. The molecule has 1 atom stereocenters. The highest BCUT2D eigenvalue weighted by Gasteiger charge is 2.59. The van der Waals surface area contributed by atoms with E-state index in [1.807, 2.05) is 0 Å². The number of carbonyl (C=O) groups excluding carboxylic acids is 1. The first-order chi connectivity index (χ1) is 7.85. The molecule has 0 aromatic carbocycles. The monoisotopic (exact) mass is 254 g/mol. The Morgan fingerprint density at radius 1 is 1.12 bits per heavy atom. The highest BCUT2D eigenvalue weighted by molar-refractivity contribution is 5.77. The maximum absolute atomic E-state index is 13.1. The summed E-state index contributed by atoms with van der Waals surface area (Å²) in [5.41, 5.74) is -2.32. The minimum absolute atomic E-state index is 0.0444. The second-order valence-electron chi connectivity index (χ2n) is 4.17. The van der Waals surface area contributed by atoms with Crippen LogP contribution in [0.15, 0.2) is 0 Å². The lowest BCUT2D eigenvalue weighted by molar-refractivity contribution is -0.238. The van der Waals surface area contributed by atoms with Crippen LogP contribution in [0.3, 0.4) is 0 Å². The first-order valence-corrected chi connectivity index (χ1v) is 6.09. The average Bonchev–Trinajstić information content (AvgIpc) is 2.26. The maximum Gasteiger partial charge on any atom is 0.404 e. The van der Waals surface area contributed by atoms with Crippen LogP contribution in [0.1, 0.15) is 52.9 Å². The molecular weight excluding hydrogens is 233 g/mol. The van der Waals surface area contributed by atoms with Crippen molar-refractivity contribution >= 4 is 5.97 Å². The fourth-order valence-electron chi connectivity index (χ4n) is 1.69. The summed E-state index contributed by atoms with van der Waals surface area (Å²) in [5.74, 6) is -1.12. The summed E-state index contributed by atoms with van der Waals surface area (Å²) >= 11 is 0. The number of hydrogen-bond donors (Lipinski definition) is 0. The number of rotatable bonds is 7. The SMILES string of the molecule is CCCCC(CC)(C(=O)OCCC)C(F)(F)F. The quantitative estimate of drug-likeness (QED) is 0.640. The molecule has 17 heavy (non-hydrogen) atoms. The topological polar surface area (TPSA) is 26.3 Å². The molecule has 0 saturated carbocycles. The largest absolute Gasteiger partial charge is 0.465 e. The lowest BCUT2D eigenvalue weighted by Crippen LogP contribution is -2.45. The number of alkyl halides is 3. The van der Waals surface area contributed by atoms with Gasteiger partial charge in [0.15, 0.2) is 5.41 Å². The Morgan fingerprint density at radius 2 is 1.71 bits per heavy atom. The number of esters is 1. The van der Waals surface area contributed by atoms with Gasteiger partial charge in [-0.15, -0.1) is 0 Å². The van der Waals surface area contributed by atoms with Crippen molar-refractivity contribution in [3.8, 4) is 0 Å². The standard InChI is InChI=1S/C12H21F3O2/c1-4-7-8-11(6-3,12(13,14)15)10(16)17-9-5-2/h4-9H2,1-3H3. The van der Waals surface area contributed by atoms with Crippen LogP contribution in [0.5, 0.6) is 0 Å². The van der Waals surface area contributed by atoms with Gasteiger partial charge in [-0.25, -0.2) is 0 Å². The molecule has 0 fully saturated rings. The minimum atomic E-state index is -4.54. The Bertz CT molecular complexity index is 238. The van der Waals surface area contributed by atoms with E-state index in [4.69, 9.17) is 4.74 Å². The molecule has 0 aromatic rings. The van der Waals surface area contributed by atoms with Gasteiger partial charge in [-0.05, 0) is 19.3 Å². The third-order valence-electron chi connectivity index (χ3n) is 2.93. The summed E-state index contributed by atoms with van der Waals surface area (Å²) in [6.07, 6.45) is -3.47. The molecule has 0 spiro atoms. The Hall–Kier alpha value is -0.740. The third-order valence-corrected chi connectivity index (χ3v) is 2.93. The molecule has 0 heterocycles. The van der Waals surface area contributed by atoms with E-state index in [0.29, 0.717) is 19.3 Å². The zero-order valence-electron chi connectivity index (χ0n) is 10.7. The molecule has 0 bridgehead atoms. The lowest BCUT2D eigenvalue weighted by atomic mass is 9.79. The molecular formula is C12H21F3O2. The van der Waals surface area contributed by atoms with E-state index < -0.39 is 17.6 Å². The van der Waals surface area contributed by atoms with E-state index in [2.05, 4.69) is 0 Å². The number of hydrogen-bond acceptors (Lipinski definition) is 2. The predicted molar refractivity (Wildman–Crippen MR) is 59.6 cm³/mol. The molecule has 0 aromatic heterocycles. The summed E-state index contributed by atoms with van der Waals surface area (Å²) in [7, 11) is 0. The molecule has 0 N–H and O–H groups in total. The van der Waals surface area contributed by atoms with Gasteiger partial charge in [-0.3, -0.25) is 4.79 Å². The van der Waals surface area contributed by atoms with Crippen LogP contribution < -0.4 is 0 Å². The van der Waals surface area contributed by atoms with Crippen molar-refractivity contribution in [1.82, 2.24) is 0 Å². The van der Waals surface area contributed by atoms with Gasteiger partial charge in [-0.2, -0.15) is 13.2 Å². The number of unbranched alkanes of at least 4 members (excludes halogenated alkanes) is 1. The van der Waals surface area contributed by atoms with Gasteiger partial charge in [0, 0.05) is 0 Å². The van der Waals surface area contributed by atoms with Gasteiger partial charge in [0.25, 0.3) is 0 Å². The Labute approximate surface area is 101 Å². The van der Waals surface area contributed by atoms with E-state index in [0.717, 1.165) is 0 Å². The molecule has 0 saturated heterocycles. The Balaban J connectivity index is 4.97. The van der Waals surface area contributed by atoms with Gasteiger partial charge in [0.1, 0.15) is 0 Å². The van der Waals surface area contributed by atoms with Gasteiger partial charge >= 0.3 is 12.1 Å². The van der Waals surface area contributed by atoms with Crippen LogP contribution in [0.25, 0.3) is 0 Å².